The summed E-state index contributed by atoms with van der Waals surface area (Å²) in [6.07, 6.45) is 5.11. The molecule has 9 nitrogen and oxygen atoms in total. The summed E-state index contributed by atoms with van der Waals surface area (Å²) < 4.78 is 1.35. The van der Waals surface area contributed by atoms with Crippen LogP contribution in [0.5, 0.6) is 0 Å². The summed E-state index contributed by atoms with van der Waals surface area (Å²) in [6, 6.07) is 31.3. The van der Waals surface area contributed by atoms with Crippen molar-refractivity contribution < 1.29 is 19.8 Å². The fourth-order valence-electron chi connectivity index (χ4n) is 6.12. The van der Waals surface area contributed by atoms with Crippen LogP contribution in [0.4, 0.5) is 5.69 Å². The van der Waals surface area contributed by atoms with Gasteiger partial charge in [0.2, 0.25) is 5.91 Å². The Morgan fingerprint density at radius 2 is 1.62 bits per heavy atom. The van der Waals surface area contributed by atoms with Crippen LogP contribution >= 0.6 is 0 Å². The monoisotopic (exact) mass is 628 g/mol. The van der Waals surface area contributed by atoms with E-state index in [2.05, 4.69) is 5.10 Å². The van der Waals surface area contributed by atoms with Gasteiger partial charge in [0.15, 0.2) is 5.60 Å². The number of aliphatic hydroxyl groups is 2. The molecular formula is C38H36N4O5. The molecule has 47 heavy (non-hydrogen) atoms. The zero-order valence-electron chi connectivity index (χ0n) is 26.1. The fourth-order valence-corrected chi connectivity index (χ4v) is 6.12. The molecule has 0 saturated carbocycles. The van der Waals surface area contributed by atoms with E-state index in [-0.39, 0.29) is 37.6 Å². The maximum absolute atomic E-state index is 14.0. The van der Waals surface area contributed by atoms with E-state index in [1.165, 1.54) is 4.68 Å². The summed E-state index contributed by atoms with van der Waals surface area (Å²) in [4.78, 5) is 43.2. The van der Waals surface area contributed by atoms with Gasteiger partial charge in [-0.3, -0.25) is 14.4 Å². The maximum atomic E-state index is 14.0. The largest absolute Gasteiger partial charge is 0.395 e. The number of amides is 2. The van der Waals surface area contributed by atoms with Crippen molar-refractivity contribution in [1.29, 1.82) is 0 Å². The highest BCUT2D eigenvalue weighted by atomic mass is 16.3. The predicted molar refractivity (Wildman–Crippen MR) is 181 cm³/mol. The zero-order chi connectivity index (χ0) is 33.0. The lowest BCUT2D eigenvalue weighted by molar-refractivity contribution is -0.139. The van der Waals surface area contributed by atoms with Crippen LogP contribution in [0.15, 0.2) is 126 Å². The molecule has 0 unspecified atom stereocenters. The number of carbonyl (C=O) groups excluding carboxylic acids is 2. The Hall–Kier alpha value is -5.38. The molecule has 2 N–H and O–H groups in total. The number of aliphatic hydroxyl groups excluding tert-OH is 1. The maximum Gasteiger partial charge on any atom is 0.279 e. The van der Waals surface area contributed by atoms with E-state index < -0.39 is 17.4 Å². The molecular weight excluding hydrogens is 592 g/mol. The van der Waals surface area contributed by atoms with Crippen molar-refractivity contribution in [3.8, 4) is 5.69 Å². The minimum absolute atomic E-state index is 0.0638. The van der Waals surface area contributed by atoms with Crippen molar-refractivity contribution in [2.75, 3.05) is 18.1 Å². The van der Waals surface area contributed by atoms with Crippen molar-refractivity contribution in [3.05, 3.63) is 149 Å². The first kappa shape index (κ1) is 31.6. The van der Waals surface area contributed by atoms with Crippen LogP contribution in [-0.4, -0.2) is 49.9 Å². The third-order valence-electron chi connectivity index (χ3n) is 8.71. The summed E-state index contributed by atoms with van der Waals surface area (Å²) >= 11 is 0. The molecule has 0 saturated heterocycles. The second kappa shape index (κ2) is 13.5. The summed E-state index contributed by atoms with van der Waals surface area (Å²) in [5.41, 5.74) is 1.45. The summed E-state index contributed by atoms with van der Waals surface area (Å²) in [6.45, 7) is 2.41. The van der Waals surface area contributed by atoms with Gasteiger partial charge >= 0.3 is 0 Å². The van der Waals surface area contributed by atoms with Gasteiger partial charge in [0, 0.05) is 36.4 Å². The number of benzene rings is 4. The molecule has 4 aromatic carbocycles. The zero-order valence-corrected chi connectivity index (χ0v) is 26.1. The SMILES string of the molecule is C[C@@H](/C=C/CC(=O)N(CCO)Cc1ccccc1)[C@]1(O)C(=O)N(Cc2ccc(-n3ncc4ccccc4c3=O)cc2)c2ccccc21. The van der Waals surface area contributed by atoms with Crippen LogP contribution in [0, 0.1) is 5.92 Å². The molecule has 2 amide bonds. The topological polar surface area (TPSA) is 116 Å². The molecule has 0 radical (unpaired) electrons. The van der Waals surface area contributed by atoms with E-state index in [9.17, 15) is 24.6 Å². The van der Waals surface area contributed by atoms with E-state index in [4.69, 9.17) is 0 Å². The first-order valence-corrected chi connectivity index (χ1v) is 15.6. The van der Waals surface area contributed by atoms with Gasteiger partial charge in [-0.05, 0) is 35.4 Å². The van der Waals surface area contributed by atoms with E-state index in [1.807, 2.05) is 72.8 Å². The third kappa shape index (κ3) is 6.23. The average molecular weight is 629 g/mol. The lowest BCUT2D eigenvalue weighted by Gasteiger charge is -2.28. The van der Waals surface area contributed by atoms with Crippen LogP contribution in [0.2, 0.25) is 0 Å². The van der Waals surface area contributed by atoms with Gasteiger partial charge in [-0.1, -0.05) is 97.9 Å². The quantitative estimate of drug-likeness (QED) is 0.205. The Labute approximate surface area is 272 Å². The first-order chi connectivity index (χ1) is 22.8. The molecule has 2 heterocycles. The van der Waals surface area contributed by atoms with Gasteiger partial charge in [-0.2, -0.15) is 9.78 Å². The Bertz CT molecular complexity index is 1990. The van der Waals surface area contributed by atoms with Crippen LogP contribution in [0.25, 0.3) is 16.5 Å². The van der Waals surface area contributed by atoms with E-state index in [0.29, 0.717) is 28.9 Å². The number of carbonyl (C=O) groups is 2. The second-order valence-electron chi connectivity index (χ2n) is 11.7. The van der Waals surface area contributed by atoms with Gasteiger partial charge in [-0.25, -0.2) is 0 Å². The smallest absolute Gasteiger partial charge is 0.279 e. The predicted octanol–water partition coefficient (Wildman–Crippen LogP) is 4.72. The Kier molecular flexibility index (Phi) is 9.10. The average Bonchev–Trinajstić information content (AvgIpc) is 3.32. The molecule has 6 rings (SSSR count). The van der Waals surface area contributed by atoms with Crippen molar-refractivity contribution in [2.24, 2.45) is 5.92 Å². The number of hydrogen-bond donors (Lipinski definition) is 2. The summed E-state index contributed by atoms with van der Waals surface area (Å²) in [5.74, 6) is -1.25. The van der Waals surface area contributed by atoms with Crippen molar-refractivity contribution in [2.45, 2.75) is 32.0 Å². The van der Waals surface area contributed by atoms with Crippen LogP contribution in [-0.2, 0) is 28.3 Å². The molecule has 1 aromatic heterocycles. The second-order valence-corrected chi connectivity index (χ2v) is 11.7. The van der Waals surface area contributed by atoms with Crippen LogP contribution in [0.1, 0.15) is 30.0 Å². The fraction of sp³-hybridized carbons (Fsp3) is 0.211. The Morgan fingerprint density at radius 1 is 0.915 bits per heavy atom. The first-order valence-electron chi connectivity index (χ1n) is 15.6. The number of para-hydroxylation sites is 1. The molecule has 0 fully saturated rings. The van der Waals surface area contributed by atoms with Gasteiger partial charge in [-0.15, -0.1) is 0 Å². The van der Waals surface area contributed by atoms with Crippen LogP contribution < -0.4 is 10.5 Å². The van der Waals surface area contributed by atoms with Crippen molar-refractivity contribution in [3.63, 3.8) is 0 Å². The molecule has 1 aliphatic rings. The van der Waals surface area contributed by atoms with Gasteiger partial charge < -0.3 is 20.0 Å². The highest BCUT2D eigenvalue weighted by Crippen LogP contribution is 2.45. The molecule has 2 atom stereocenters. The van der Waals surface area contributed by atoms with E-state index >= 15 is 0 Å². The van der Waals surface area contributed by atoms with E-state index in [1.54, 1.807) is 65.4 Å². The molecule has 0 aliphatic carbocycles. The summed E-state index contributed by atoms with van der Waals surface area (Å²) in [5, 5.41) is 27.2. The molecule has 0 spiro atoms. The van der Waals surface area contributed by atoms with E-state index in [0.717, 1.165) is 16.5 Å². The third-order valence-corrected chi connectivity index (χ3v) is 8.71. The number of rotatable bonds is 11. The highest BCUT2D eigenvalue weighted by molar-refractivity contribution is 6.07. The Morgan fingerprint density at radius 3 is 2.38 bits per heavy atom. The molecule has 238 valence electrons. The van der Waals surface area contributed by atoms with Gasteiger partial charge in [0.1, 0.15) is 0 Å². The normalized spacial score (nSPS) is 16.5. The minimum atomic E-state index is -1.83. The number of hydrogen-bond acceptors (Lipinski definition) is 6. The van der Waals surface area contributed by atoms with Gasteiger partial charge in [0.05, 0.1) is 36.1 Å². The highest BCUT2D eigenvalue weighted by Gasteiger charge is 2.52. The molecule has 9 heteroatoms. The van der Waals surface area contributed by atoms with Crippen LogP contribution in [0.3, 0.4) is 0 Å². The number of nitrogens with zero attached hydrogens (tertiary/aromatic N) is 4. The number of anilines is 1. The summed E-state index contributed by atoms with van der Waals surface area (Å²) in [7, 11) is 0. The number of aromatic nitrogens is 2. The number of fused-ring (bicyclic) bond motifs is 2. The van der Waals surface area contributed by atoms with Gasteiger partial charge in [0.25, 0.3) is 11.5 Å². The van der Waals surface area contributed by atoms with Crippen molar-refractivity contribution in [1.82, 2.24) is 14.7 Å². The van der Waals surface area contributed by atoms with Crippen molar-refractivity contribution >= 4 is 28.3 Å². The standard InChI is InChI=1S/C38H36N4O5/c1-27(10-9-17-35(44)40(22-23-43)25-28-11-3-2-4-12-28)38(47)33-15-7-8-16-34(33)41(37(38)46)26-29-18-20-31(21-19-29)42-36(45)32-14-6-5-13-30(32)24-39-42/h2-16,18-21,24,27,43,47H,17,22-23,25-26H2,1H3/b10-9+/t27-,38+/m0/s1. The Balaban J connectivity index is 1.17. The minimum Gasteiger partial charge on any atom is -0.395 e. The lowest BCUT2D eigenvalue weighted by atomic mass is 9.83. The lowest BCUT2D eigenvalue weighted by Crippen LogP contribution is -2.44. The molecule has 0 bridgehead atoms. The molecule has 1 aliphatic heterocycles. The molecule has 5 aromatic rings.